The standard InChI is InChI=1S/C27H22ClN5O3/c1-31-16-30-15-25(31)27(29,18-6-9-21(10-7-18)33(35)36)19-8-11-24-23(13-19)22(14-26(34)32(24)2)17-4-3-5-20(28)12-17/h3-16H,29H2,1-2H3. The monoisotopic (exact) mass is 499 g/mol. The molecule has 1 unspecified atom stereocenters. The molecular formula is C27H22ClN5O3. The molecule has 0 saturated carbocycles. The highest BCUT2D eigenvalue weighted by Crippen LogP contribution is 2.38. The number of benzene rings is 3. The van der Waals surface area contributed by atoms with Gasteiger partial charge in [-0.3, -0.25) is 14.9 Å². The van der Waals surface area contributed by atoms with Crippen molar-refractivity contribution in [1.82, 2.24) is 14.1 Å². The summed E-state index contributed by atoms with van der Waals surface area (Å²) < 4.78 is 3.41. The van der Waals surface area contributed by atoms with Gasteiger partial charge in [-0.1, -0.05) is 29.8 Å². The number of imidazole rings is 1. The normalized spacial score (nSPS) is 13.0. The van der Waals surface area contributed by atoms with E-state index in [9.17, 15) is 14.9 Å². The van der Waals surface area contributed by atoms with Gasteiger partial charge in [-0.05, 0) is 58.7 Å². The average Bonchev–Trinajstić information content (AvgIpc) is 3.31. The second kappa shape index (κ2) is 8.75. The molecule has 0 fully saturated rings. The number of rotatable bonds is 5. The van der Waals surface area contributed by atoms with Crippen molar-refractivity contribution in [3.05, 3.63) is 128 Å². The highest BCUT2D eigenvalue weighted by atomic mass is 35.5. The van der Waals surface area contributed by atoms with Gasteiger partial charge in [0, 0.05) is 42.7 Å². The smallest absolute Gasteiger partial charge is 0.269 e. The Kier molecular flexibility index (Phi) is 5.70. The highest BCUT2D eigenvalue weighted by Gasteiger charge is 2.35. The lowest BCUT2D eigenvalue weighted by atomic mass is 9.80. The van der Waals surface area contributed by atoms with Crippen LogP contribution in [0.1, 0.15) is 16.8 Å². The van der Waals surface area contributed by atoms with Crippen molar-refractivity contribution in [2.75, 3.05) is 0 Å². The summed E-state index contributed by atoms with van der Waals surface area (Å²) in [5.41, 5.74) is 10.2. The SMILES string of the molecule is Cn1cncc1C(N)(c1ccc([N+](=O)[O-])cc1)c1ccc2c(c1)c(-c1cccc(Cl)c1)cc(=O)n2C. The summed E-state index contributed by atoms with van der Waals surface area (Å²) in [5, 5.41) is 12.6. The van der Waals surface area contributed by atoms with Gasteiger partial charge < -0.3 is 14.9 Å². The first-order chi connectivity index (χ1) is 17.2. The van der Waals surface area contributed by atoms with Crippen molar-refractivity contribution in [3.63, 3.8) is 0 Å². The second-order valence-electron chi connectivity index (χ2n) is 8.70. The summed E-state index contributed by atoms with van der Waals surface area (Å²) >= 11 is 6.26. The van der Waals surface area contributed by atoms with Crippen LogP contribution in [-0.2, 0) is 19.6 Å². The predicted octanol–water partition coefficient (Wildman–Crippen LogP) is 4.75. The number of pyridine rings is 1. The van der Waals surface area contributed by atoms with Crippen molar-refractivity contribution >= 4 is 28.2 Å². The summed E-state index contributed by atoms with van der Waals surface area (Å²) in [6, 6.07) is 20.8. The molecule has 0 bridgehead atoms. The summed E-state index contributed by atoms with van der Waals surface area (Å²) in [7, 11) is 3.57. The van der Waals surface area contributed by atoms with Crippen LogP contribution in [0.3, 0.4) is 0 Å². The van der Waals surface area contributed by atoms with Gasteiger partial charge in [0.2, 0.25) is 0 Å². The Morgan fingerprint density at radius 3 is 2.36 bits per heavy atom. The van der Waals surface area contributed by atoms with Crippen LogP contribution in [0.4, 0.5) is 5.69 Å². The maximum absolute atomic E-state index is 12.8. The zero-order chi connectivity index (χ0) is 25.6. The lowest BCUT2D eigenvalue weighted by molar-refractivity contribution is -0.384. The van der Waals surface area contributed by atoms with Crippen LogP contribution in [0.5, 0.6) is 0 Å². The van der Waals surface area contributed by atoms with E-state index >= 15 is 0 Å². The first-order valence-electron chi connectivity index (χ1n) is 11.1. The molecule has 0 amide bonds. The Morgan fingerprint density at radius 1 is 1.00 bits per heavy atom. The number of nitro groups is 1. The number of nitrogens with two attached hydrogens (primary N) is 1. The Bertz CT molecular complexity index is 1690. The maximum Gasteiger partial charge on any atom is 0.269 e. The number of halogens is 1. The summed E-state index contributed by atoms with van der Waals surface area (Å²) in [6.07, 6.45) is 3.34. The van der Waals surface area contributed by atoms with Gasteiger partial charge in [0.1, 0.15) is 5.54 Å². The zero-order valence-corrected chi connectivity index (χ0v) is 20.3. The number of non-ortho nitro benzene ring substituents is 1. The van der Waals surface area contributed by atoms with E-state index in [0.29, 0.717) is 16.3 Å². The minimum atomic E-state index is -1.19. The first kappa shape index (κ1) is 23.5. The van der Waals surface area contributed by atoms with Crippen LogP contribution in [0.25, 0.3) is 22.0 Å². The zero-order valence-electron chi connectivity index (χ0n) is 19.6. The van der Waals surface area contributed by atoms with Crippen molar-refractivity contribution < 1.29 is 4.92 Å². The van der Waals surface area contributed by atoms with Crippen LogP contribution in [0.2, 0.25) is 5.02 Å². The van der Waals surface area contributed by atoms with Crippen LogP contribution in [0.15, 0.2) is 90.1 Å². The van der Waals surface area contributed by atoms with Crippen LogP contribution >= 0.6 is 11.6 Å². The molecule has 8 nitrogen and oxygen atoms in total. The van der Waals surface area contributed by atoms with Crippen LogP contribution in [0, 0.1) is 10.1 Å². The number of hydrogen-bond acceptors (Lipinski definition) is 5. The van der Waals surface area contributed by atoms with Gasteiger partial charge in [-0.2, -0.15) is 0 Å². The fourth-order valence-electron chi connectivity index (χ4n) is 4.65. The number of nitro benzene ring substituents is 1. The van der Waals surface area contributed by atoms with E-state index in [1.54, 1.807) is 48.4 Å². The molecular weight excluding hydrogens is 478 g/mol. The van der Waals surface area contributed by atoms with E-state index in [2.05, 4.69) is 4.98 Å². The largest absolute Gasteiger partial charge is 0.336 e. The van der Waals surface area contributed by atoms with E-state index < -0.39 is 10.5 Å². The molecule has 0 aliphatic heterocycles. The third-order valence-electron chi connectivity index (χ3n) is 6.59. The molecule has 36 heavy (non-hydrogen) atoms. The Hall–Kier alpha value is -4.27. The third-order valence-corrected chi connectivity index (χ3v) is 6.83. The molecule has 180 valence electrons. The van der Waals surface area contributed by atoms with Crippen molar-refractivity contribution in [3.8, 4) is 11.1 Å². The molecule has 0 saturated heterocycles. The van der Waals surface area contributed by atoms with E-state index in [0.717, 1.165) is 27.6 Å². The molecule has 2 heterocycles. The molecule has 1 atom stereocenters. The number of hydrogen-bond donors (Lipinski definition) is 1. The number of aryl methyl sites for hydroxylation is 2. The molecule has 2 aromatic heterocycles. The molecule has 0 radical (unpaired) electrons. The number of aromatic nitrogens is 3. The summed E-state index contributed by atoms with van der Waals surface area (Å²) in [5.74, 6) is 0. The Morgan fingerprint density at radius 2 is 1.72 bits per heavy atom. The molecule has 2 N–H and O–H groups in total. The molecule has 5 aromatic rings. The van der Waals surface area contributed by atoms with E-state index in [-0.39, 0.29) is 11.2 Å². The van der Waals surface area contributed by atoms with Gasteiger partial charge in [0.05, 0.1) is 28.7 Å². The van der Waals surface area contributed by atoms with E-state index in [1.807, 2.05) is 48.0 Å². The quantitative estimate of drug-likeness (QED) is 0.277. The minimum absolute atomic E-state index is 0.0251. The van der Waals surface area contributed by atoms with Gasteiger partial charge in [0.25, 0.3) is 11.2 Å². The summed E-state index contributed by atoms with van der Waals surface area (Å²) in [6.45, 7) is 0. The second-order valence-corrected chi connectivity index (χ2v) is 9.14. The van der Waals surface area contributed by atoms with Crippen molar-refractivity contribution in [2.45, 2.75) is 5.54 Å². The number of nitrogens with zero attached hydrogens (tertiary/aromatic N) is 4. The lowest BCUT2D eigenvalue weighted by Gasteiger charge is -2.31. The Balaban J connectivity index is 1.82. The molecule has 0 aliphatic rings. The molecule has 3 aromatic carbocycles. The molecule has 9 heteroatoms. The van der Waals surface area contributed by atoms with E-state index in [1.165, 1.54) is 12.1 Å². The van der Waals surface area contributed by atoms with Crippen molar-refractivity contribution in [1.29, 1.82) is 0 Å². The minimum Gasteiger partial charge on any atom is -0.336 e. The lowest BCUT2D eigenvalue weighted by Crippen LogP contribution is -2.41. The van der Waals surface area contributed by atoms with E-state index in [4.69, 9.17) is 17.3 Å². The summed E-state index contributed by atoms with van der Waals surface area (Å²) in [4.78, 5) is 27.8. The maximum atomic E-state index is 12.8. The van der Waals surface area contributed by atoms with Gasteiger partial charge >= 0.3 is 0 Å². The first-order valence-corrected chi connectivity index (χ1v) is 11.5. The fourth-order valence-corrected chi connectivity index (χ4v) is 4.84. The molecule has 5 rings (SSSR count). The highest BCUT2D eigenvalue weighted by molar-refractivity contribution is 6.30. The Labute approximate surface area is 211 Å². The van der Waals surface area contributed by atoms with Crippen LogP contribution in [-0.4, -0.2) is 19.0 Å². The van der Waals surface area contributed by atoms with Gasteiger partial charge in [-0.25, -0.2) is 4.98 Å². The van der Waals surface area contributed by atoms with Gasteiger partial charge in [-0.15, -0.1) is 0 Å². The third kappa shape index (κ3) is 3.77. The average molecular weight is 500 g/mol. The number of fused-ring (bicyclic) bond motifs is 1. The van der Waals surface area contributed by atoms with Crippen molar-refractivity contribution in [2.24, 2.45) is 19.8 Å². The predicted molar refractivity (Wildman–Crippen MR) is 140 cm³/mol. The fraction of sp³-hybridized carbons (Fsp3) is 0.111. The van der Waals surface area contributed by atoms with Gasteiger partial charge in [0.15, 0.2) is 0 Å². The van der Waals surface area contributed by atoms with Crippen LogP contribution < -0.4 is 11.3 Å². The molecule has 0 aliphatic carbocycles. The topological polar surface area (TPSA) is 109 Å². The molecule has 0 spiro atoms.